The van der Waals surface area contributed by atoms with Crippen LogP contribution in [0.3, 0.4) is 0 Å². The third-order valence-corrected chi connectivity index (χ3v) is 2.10. The molecule has 0 bridgehead atoms. The summed E-state index contributed by atoms with van der Waals surface area (Å²) in [5.41, 5.74) is 0. The van der Waals surface area contributed by atoms with E-state index in [1.807, 2.05) is 20.0 Å². The average Bonchev–Trinajstić information content (AvgIpc) is 2.42. The van der Waals surface area contributed by atoms with E-state index in [9.17, 15) is 0 Å². The van der Waals surface area contributed by atoms with Crippen molar-refractivity contribution in [2.45, 2.75) is 40.0 Å². The Morgan fingerprint density at radius 3 is 2.85 bits per heavy atom. The van der Waals surface area contributed by atoms with E-state index in [-0.39, 0.29) is 6.10 Å². The molecule has 0 N–H and O–H groups in total. The molecule has 0 aromatic carbocycles. The number of hydrogen-bond donors (Lipinski definition) is 0. The molecule has 1 aromatic heterocycles. The minimum atomic E-state index is 0.251. The highest BCUT2D eigenvalue weighted by atomic mass is 79.9. The number of aryl methyl sites for hydroxylation is 1. The third-order valence-electron chi connectivity index (χ3n) is 1.72. The quantitative estimate of drug-likeness (QED) is 0.817. The van der Waals surface area contributed by atoms with Gasteiger partial charge in [0.15, 0.2) is 0 Å². The summed E-state index contributed by atoms with van der Waals surface area (Å²) in [6.07, 6.45) is 2.22. The molecule has 0 unspecified atom stereocenters. The number of nitrogens with zero attached hydrogens (tertiary/aromatic N) is 2. The number of hydrogen-bond acceptors (Lipinski definition) is 2. The van der Waals surface area contributed by atoms with Crippen LogP contribution in [-0.4, -0.2) is 15.7 Å². The fourth-order valence-electron chi connectivity index (χ4n) is 1.05. The van der Waals surface area contributed by atoms with Crippen LogP contribution in [-0.2, 0) is 17.9 Å². The van der Waals surface area contributed by atoms with Crippen molar-refractivity contribution in [2.24, 2.45) is 0 Å². The summed E-state index contributed by atoms with van der Waals surface area (Å²) in [6.45, 7) is 7.64. The summed E-state index contributed by atoms with van der Waals surface area (Å²) in [5, 5.41) is 0. The van der Waals surface area contributed by atoms with E-state index in [4.69, 9.17) is 4.74 Å². The minimum absolute atomic E-state index is 0.251. The van der Waals surface area contributed by atoms with Crippen molar-refractivity contribution in [2.75, 3.05) is 0 Å². The number of imidazole rings is 1. The zero-order valence-corrected chi connectivity index (χ0v) is 9.84. The molecule has 4 heteroatoms. The van der Waals surface area contributed by atoms with Gasteiger partial charge < -0.3 is 9.30 Å². The van der Waals surface area contributed by atoms with Gasteiger partial charge in [0.2, 0.25) is 0 Å². The first kappa shape index (κ1) is 10.7. The molecule has 0 saturated heterocycles. The van der Waals surface area contributed by atoms with Crippen LogP contribution in [0.25, 0.3) is 0 Å². The highest BCUT2D eigenvalue weighted by Crippen LogP contribution is 2.11. The highest BCUT2D eigenvalue weighted by Gasteiger charge is 2.05. The van der Waals surface area contributed by atoms with E-state index in [0.717, 1.165) is 17.0 Å². The first-order valence-electron chi connectivity index (χ1n) is 4.46. The maximum absolute atomic E-state index is 5.48. The van der Waals surface area contributed by atoms with E-state index in [0.29, 0.717) is 6.61 Å². The summed E-state index contributed by atoms with van der Waals surface area (Å²) in [5.74, 6) is 0.975. The van der Waals surface area contributed by atoms with Gasteiger partial charge in [-0.3, -0.25) is 0 Å². The van der Waals surface area contributed by atoms with Crippen LogP contribution in [0.5, 0.6) is 0 Å². The van der Waals surface area contributed by atoms with Crippen molar-refractivity contribution in [1.82, 2.24) is 9.55 Å². The molecule has 74 valence electrons. The Morgan fingerprint density at radius 2 is 2.31 bits per heavy atom. The number of aromatic nitrogens is 2. The zero-order chi connectivity index (χ0) is 9.84. The van der Waals surface area contributed by atoms with E-state index in [1.165, 1.54) is 0 Å². The number of rotatable bonds is 4. The van der Waals surface area contributed by atoms with Gasteiger partial charge in [0.25, 0.3) is 0 Å². The fraction of sp³-hybridized carbons (Fsp3) is 0.667. The van der Waals surface area contributed by atoms with Crippen molar-refractivity contribution in [3.05, 3.63) is 16.6 Å². The lowest BCUT2D eigenvalue weighted by molar-refractivity contribution is 0.0595. The highest BCUT2D eigenvalue weighted by molar-refractivity contribution is 9.10. The van der Waals surface area contributed by atoms with Crippen LogP contribution >= 0.6 is 15.9 Å². The first-order chi connectivity index (χ1) is 6.13. The fourth-order valence-corrected chi connectivity index (χ4v) is 1.50. The summed E-state index contributed by atoms with van der Waals surface area (Å²) < 4.78 is 8.43. The Morgan fingerprint density at radius 1 is 1.62 bits per heavy atom. The normalized spacial score (nSPS) is 11.2. The lowest BCUT2D eigenvalue weighted by Gasteiger charge is -2.07. The number of ether oxygens (including phenoxy) is 1. The Balaban J connectivity index is 2.64. The van der Waals surface area contributed by atoms with Crippen LogP contribution in [0.4, 0.5) is 0 Å². The Labute approximate surface area is 87.2 Å². The predicted octanol–water partition coefficient (Wildman–Crippen LogP) is 2.59. The topological polar surface area (TPSA) is 27.1 Å². The van der Waals surface area contributed by atoms with Gasteiger partial charge in [-0.05, 0) is 36.7 Å². The molecule has 0 atom stereocenters. The molecule has 0 aliphatic heterocycles. The molecule has 0 aliphatic carbocycles. The SMILES string of the molecule is CCn1cc(Br)nc1COC(C)C. The van der Waals surface area contributed by atoms with Gasteiger partial charge in [0.05, 0.1) is 6.10 Å². The van der Waals surface area contributed by atoms with Gasteiger partial charge in [0.1, 0.15) is 17.0 Å². The summed E-state index contributed by atoms with van der Waals surface area (Å²) >= 11 is 3.34. The molecule has 0 aliphatic rings. The van der Waals surface area contributed by atoms with Crippen LogP contribution in [0.1, 0.15) is 26.6 Å². The van der Waals surface area contributed by atoms with Crippen molar-refractivity contribution in [3.8, 4) is 0 Å². The van der Waals surface area contributed by atoms with Gasteiger partial charge in [-0.15, -0.1) is 0 Å². The minimum Gasteiger partial charge on any atom is -0.371 e. The van der Waals surface area contributed by atoms with Gasteiger partial charge in [-0.2, -0.15) is 0 Å². The monoisotopic (exact) mass is 246 g/mol. The molecule has 0 radical (unpaired) electrons. The van der Waals surface area contributed by atoms with E-state index >= 15 is 0 Å². The van der Waals surface area contributed by atoms with E-state index in [2.05, 4.69) is 32.4 Å². The summed E-state index contributed by atoms with van der Waals surface area (Å²) in [7, 11) is 0. The molecular formula is C9H15BrN2O. The summed E-state index contributed by atoms with van der Waals surface area (Å²) in [4.78, 5) is 4.31. The molecule has 0 amide bonds. The second-order valence-electron chi connectivity index (χ2n) is 3.13. The second-order valence-corrected chi connectivity index (χ2v) is 3.94. The van der Waals surface area contributed by atoms with E-state index in [1.54, 1.807) is 0 Å². The molecule has 1 heterocycles. The Bertz CT molecular complexity index is 271. The van der Waals surface area contributed by atoms with Crippen LogP contribution in [0.2, 0.25) is 0 Å². The van der Waals surface area contributed by atoms with Gasteiger partial charge in [-0.1, -0.05) is 0 Å². The van der Waals surface area contributed by atoms with Crippen LogP contribution in [0.15, 0.2) is 10.8 Å². The molecule has 13 heavy (non-hydrogen) atoms. The Kier molecular flexibility index (Phi) is 3.93. The third kappa shape index (κ3) is 3.12. The molecular weight excluding hydrogens is 232 g/mol. The maximum Gasteiger partial charge on any atom is 0.136 e. The molecule has 3 nitrogen and oxygen atoms in total. The molecule has 0 spiro atoms. The predicted molar refractivity (Wildman–Crippen MR) is 55.5 cm³/mol. The zero-order valence-electron chi connectivity index (χ0n) is 8.25. The largest absolute Gasteiger partial charge is 0.371 e. The standard InChI is InChI=1S/C9H15BrN2O/c1-4-12-5-8(10)11-9(12)6-13-7(2)3/h5,7H,4,6H2,1-3H3. The first-order valence-corrected chi connectivity index (χ1v) is 5.26. The van der Waals surface area contributed by atoms with Crippen molar-refractivity contribution in [1.29, 1.82) is 0 Å². The summed E-state index contributed by atoms with van der Waals surface area (Å²) in [6, 6.07) is 0. The van der Waals surface area contributed by atoms with Crippen molar-refractivity contribution in [3.63, 3.8) is 0 Å². The van der Waals surface area contributed by atoms with E-state index < -0.39 is 0 Å². The van der Waals surface area contributed by atoms with Crippen molar-refractivity contribution < 1.29 is 4.74 Å². The molecule has 1 rings (SSSR count). The van der Waals surface area contributed by atoms with Gasteiger partial charge in [0, 0.05) is 12.7 Å². The lowest BCUT2D eigenvalue weighted by Crippen LogP contribution is -2.07. The number of halogens is 1. The van der Waals surface area contributed by atoms with Crippen molar-refractivity contribution >= 4 is 15.9 Å². The molecule has 1 aromatic rings. The lowest BCUT2D eigenvalue weighted by atomic mass is 10.5. The van der Waals surface area contributed by atoms with Gasteiger partial charge in [-0.25, -0.2) is 4.98 Å². The molecule has 0 fully saturated rings. The Hall–Kier alpha value is -0.350. The smallest absolute Gasteiger partial charge is 0.136 e. The average molecular weight is 247 g/mol. The second kappa shape index (κ2) is 4.77. The van der Waals surface area contributed by atoms with Gasteiger partial charge >= 0.3 is 0 Å². The molecule has 0 saturated carbocycles. The van der Waals surface area contributed by atoms with Crippen LogP contribution < -0.4 is 0 Å². The van der Waals surface area contributed by atoms with Crippen LogP contribution in [0, 0.1) is 0 Å². The maximum atomic E-state index is 5.48.